The zero-order chi connectivity index (χ0) is 30.2. The molecule has 4 N–H and O–H groups in total. The Balaban J connectivity index is 0.942. The molecule has 12 nitrogen and oxygen atoms in total. The number of aromatic nitrogens is 3. The van der Waals surface area contributed by atoms with Crippen LogP contribution >= 0.6 is 0 Å². The largest absolute Gasteiger partial charge is 0.450 e. The van der Waals surface area contributed by atoms with Gasteiger partial charge in [0.2, 0.25) is 0 Å². The number of carbonyl (C=O) groups is 2. The third kappa shape index (κ3) is 4.43. The molecule has 1 aliphatic carbocycles. The minimum Gasteiger partial charge on any atom is -0.450 e. The number of carbonyl (C=O) groups excluding carboxylic acids is 2. The number of nitrogens with zero attached hydrogens (tertiary/aromatic N) is 6. The van der Waals surface area contributed by atoms with Gasteiger partial charge in [0.05, 0.1) is 29.9 Å². The fraction of sp³-hybridized carbons (Fsp3) is 0.688. The number of esters is 2. The van der Waals surface area contributed by atoms with Crippen molar-refractivity contribution in [3.05, 3.63) is 47.1 Å². The number of ether oxygens (including phenoxy) is 2. The molecule has 1 spiro atoms. The van der Waals surface area contributed by atoms with Gasteiger partial charge in [0, 0.05) is 49.3 Å². The highest BCUT2D eigenvalue weighted by Gasteiger charge is 2.64. The van der Waals surface area contributed by atoms with Gasteiger partial charge < -0.3 is 20.2 Å². The lowest BCUT2D eigenvalue weighted by Gasteiger charge is -2.43. The fourth-order valence-electron chi connectivity index (χ4n) is 9.63. The molecule has 1 aromatic heterocycles. The lowest BCUT2D eigenvalue weighted by Crippen LogP contribution is -2.53. The number of hydrazine groups is 1. The Hall–Kier alpha value is -3.22. The fourth-order valence-corrected chi connectivity index (χ4v) is 9.63. The van der Waals surface area contributed by atoms with E-state index in [4.69, 9.17) is 21.1 Å². The minimum absolute atomic E-state index is 0.0340. The van der Waals surface area contributed by atoms with Crippen LogP contribution in [0.4, 0.5) is 0 Å². The Morgan fingerprint density at radius 1 is 1.07 bits per heavy atom. The van der Waals surface area contributed by atoms with Crippen LogP contribution in [-0.4, -0.2) is 96.7 Å². The Kier molecular flexibility index (Phi) is 6.69. The van der Waals surface area contributed by atoms with Gasteiger partial charge in [0.15, 0.2) is 5.60 Å². The summed E-state index contributed by atoms with van der Waals surface area (Å²) in [5.41, 5.74) is 9.24. The Labute approximate surface area is 258 Å². The first kappa shape index (κ1) is 28.3. The number of rotatable bonds is 6. The second-order valence-corrected chi connectivity index (χ2v) is 14.2. The van der Waals surface area contributed by atoms with Crippen molar-refractivity contribution < 1.29 is 19.1 Å². The summed E-state index contributed by atoms with van der Waals surface area (Å²) in [5.74, 6) is 6.25. The zero-order valence-corrected chi connectivity index (χ0v) is 25.6. The van der Waals surface area contributed by atoms with Crippen molar-refractivity contribution in [2.75, 3.05) is 19.6 Å². The lowest BCUT2D eigenvalue weighted by molar-refractivity contribution is -0.151. The molecule has 5 fully saturated rings. The third-order valence-electron chi connectivity index (χ3n) is 11.7. The van der Waals surface area contributed by atoms with E-state index < -0.39 is 11.2 Å². The summed E-state index contributed by atoms with van der Waals surface area (Å²) >= 11 is 0. The van der Waals surface area contributed by atoms with Crippen molar-refractivity contribution in [1.29, 1.82) is 0 Å². The van der Waals surface area contributed by atoms with E-state index in [1.54, 1.807) is 17.2 Å². The molecule has 44 heavy (non-hydrogen) atoms. The summed E-state index contributed by atoms with van der Waals surface area (Å²) in [6.07, 6.45) is 17.5. The van der Waals surface area contributed by atoms with Crippen LogP contribution in [-0.2, 0) is 25.5 Å². The van der Waals surface area contributed by atoms with Crippen molar-refractivity contribution in [3.63, 3.8) is 0 Å². The third-order valence-corrected chi connectivity index (χ3v) is 11.7. The van der Waals surface area contributed by atoms with Crippen LogP contribution in [0.25, 0.3) is 0 Å². The van der Waals surface area contributed by atoms with E-state index in [9.17, 15) is 9.59 Å². The molecule has 0 radical (unpaired) electrons. The van der Waals surface area contributed by atoms with Gasteiger partial charge in [-0.1, -0.05) is 18.1 Å². The summed E-state index contributed by atoms with van der Waals surface area (Å²) in [7, 11) is 0. The monoisotopic (exact) mass is 604 g/mol. The second kappa shape index (κ2) is 10.4. The van der Waals surface area contributed by atoms with Crippen LogP contribution in [0, 0.1) is 0 Å². The van der Waals surface area contributed by atoms with Gasteiger partial charge in [-0.25, -0.2) is 20.1 Å². The van der Waals surface area contributed by atoms with Crippen molar-refractivity contribution in [3.8, 4) is 0 Å². The maximum Gasteiger partial charge on any atom is 0.331 e. The van der Waals surface area contributed by atoms with Crippen molar-refractivity contribution in [2.45, 2.75) is 119 Å². The SMILES string of the molecule is C[C@]12OC(=O)C=C1CC(n1cc(CC/C(N)=C/N(N)[C@@H]3CC4=CC(=O)OC45CC3N3CCCC[C@@H]35)nn1)CN1CCCCC12. The number of hydrogen-bond acceptors (Lipinski definition) is 11. The molecule has 1 aromatic rings. The van der Waals surface area contributed by atoms with Gasteiger partial charge in [-0.05, 0) is 82.5 Å². The van der Waals surface area contributed by atoms with Crippen molar-refractivity contribution >= 4 is 11.9 Å². The van der Waals surface area contributed by atoms with E-state index in [2.05, 4.69) is 27.0 Å². The van der Waals surface area contributed by atoms with Crippen LogP contribution in [0.3, 0.4) is 0 Å². The molecular formula is C32H44N8O4. The molecule has 1 saturated carbocycles. The Morgan fingerprint density at radius 3 is 2.70 bits per heavy atom. The van der Waals surface area contributed by atoms with Gasteiger partial charge in [-0.15, -0.1) is 5.10 Å². The van der Waals surface area contributed by atoms with E-state index in [0.717, 1.165) is 81.4 Å². The average Bonchev–Trinajstić information content (AvgIpc) is 3.73. The molecule has 7 heterocycles. The van der Waals surface area contributed by atoms with Gasteiger partial charge in [0.1, 0.15) is 5.60 Å². The quantitative estimate of drug-likeness (QED) is 0.279. The average molecular weight is 605 g/mol. The molecule has 0 amide bonds. The maximum atomic E-state index is 12.4. The van der Waals surface area contributed by atoms with Crippen LogP contribution < -0.4 is 11.6 Å². The number of allylic oxidation sites excluding steroid dienone is 1. The standard InChI is InChI=1S/C32H44N8O4/c1-31-20(14-29(41)43-31)12-24(19-37-10-4-2-6-27(31)37)40-18-23(35-36-40)9-8-22(33)17-39(34)25-13-21-15-30(42)44-32(21)16-26(25)38-11-5-3-7-28(32)38/h14-15,17-18,24-28H,2-13,16,19,33-34H2,1H3/b22-17-/t24?,25-,26?,27?,28-,31+,32?/m1/s1. The highest BCUT2D eigenvalue weighted by Crippen LogP contribution is 2.54. The van der Waals surface area contributed by atoms with Gasteiger partial charge in [-0.2, -0.15) is 0 Å². The molecule has 4 saturated heterocycles. The van der Waals surface area contributed by atoms with E-state index in [1.165, 1.54) is 6.42 Å². The summed E-state index contributed by atoms with van der Waals surface area (Å²) < 4.78 is 13.9. The number of aryl methyl sites for hydroxylation is 1. The predicted molar refractivity (Wildman–Crippen MR) is 160 cm³/mol. The summed E-state index contributed by atoms with van der Waals surface area (Å²) in [6, 6.07) is 0.800. The van der Waals surface area contributed by atoms with Gasteiger partial charge in [0.25, 0.3) is 0 Å². The lowest BCUT2D eigenvalue weighted by atomic mass is 9.75. The summed E-state index contributed by atoms with van der Waals surface area (Å²) in [6.45, 7) is 4.95. The molecule has 7 atom stereocenters. The summed E-state index contributed by atoms with van der Waals surface area (Å²) in [4.78, 5) is 29.7. The minimum atomic E-state index is -0.562. The first-order valence-corrected chi connectivity index (χ1v) is 16.5. The van der Waals surface area contributed by atoms with Crippen molar-refractivity contribution in [2.24, 2.45) is 11.6 Å². The first-order valence-electron chi connectivity index (χ1n) is 16.5. The first-order chi connectivity index (χ1) is 21.2. The molecule has 8 rings (SSSR count). The number of piperidine rings is 2. The van der Waals surface area contributed by atoms with E-state index in [-0.39, 0.29) is 42.1 Å². The van der Waals surface area contributed by atoms with E-state index >= 15 is 0 Å². The van der Waals surface area contributed by atoms with Crippen molar-refractivity contribution in [1.82, 2.24) is 29.8 Å². The topological polar surface area (TPSA) is 145 Å². The molecule has 0 aromatic carbocycles. The molecule has 2 bridgehead atoms. The number of nitrogens with two attached hydrogens (primary N) is 2. The van der Waals surface area contributed by atoms with Crippen LogP contribution in [0.5, 0.6) is 0 Å². The molecule has 4 unspecified atom stereocenters. The zero-order valence-electron chi connectivity index (χ0n) is 25.6. The highest BCUT2D eigenvalue weighted by molar-refractivity contribution is 5.87. The Morgan fingerprint density at radius 2 is 1.84 bits per heavy atom. The number of hydrogen-bond donors (Lipinski definition) is 2. The smallest absolute Gasteiger partial charge is 0.331 e. The van der Waals surface area contributed by atoms with E-state index in [0.29, 0.717) is 25.0 Å². The molecule has 236 valence electrons. The predicted octanol–water partition coefficient (Wildman–Crippen LogP) is 1.85. The second-order valence-electron chi connectivity index (χ2n) is 14.2. The van der Waals surface area contributed by atoms with Crippen LogP contribution in [0.2, 0.25) is 0 Å². The Bertz CT molecular complexity index is 1450. The highest BCUT2D eigenvalue weighted by atomic mass is 16.6. The molecule has 6 aliphatic heterocycles. The summed E-state index contributed by atoms with van der Waals surface area (Å²) in [5, 5.41) is 10.8. The van der Waals surface area contributed by atoms with Crippen LogP contribution in [0.15, 0.2) is 41.4 Å². The molecule has 7 aliphatic rings. The van der Waals surface area contributed by atoms with E-state index in [1.807, 2.05) is 17.1 Å². The van der Waals surface area contributed by atoms with Gasteiger partial charge in [-0.3, -0.25) is 9.80 Å². The van der Waals surface area contributed by atoms with Crippen LogP contribution in [0.1, 0.15) is 82.9 Å². The normalized spacial score (nSPS) is 38.5. The molecular weight excluding hydrogens is 560 g/mol. The molecule has 12 heteroatoms. The maximum absolute atomic E-state index is 12.4. The number of fused-ring (bicyclic) bond motifs is 6. The van der Waals surface area contributed by atoms with Gasteiger partial charge >= 0.3 is 11.9 Å².